The Kier molecular flexibility index (Phi) is 4.51. The number of quaternary nitrogens is 1. The zero-order valence-corrected chi connectivity index (χ0v) is 13.0. The van der Waals surface area contributed by atoms with Crippen LogP contribution < -0.4 is 5.32 Å². The Morgan fingerprint density at radius 1 is 1.30 bits per heavy atom. The molecule has 2 heterocycles. The first-order chi connectivity index (χ1) is 9.74. The van der Waals surface area contributed by atoms with Crippen molar-refractivity contribution in [3.63, 3.8) is 0 Å². The third-order valence-corrected chi connectivity index (χ3v) is 4.86. The molecule has 1 atom stereocenters. The highest BCUT2D eigenvalue weighted by Crippen LogP contribution is 2.31. The molecule has 0 bridgehead atoms. The van der Waals surface area contributed by atoms with Crippen LogP contribution in [-0.4, -0.2) is 16.7 Å². The van der Waals surface area contributed by atoms with Crippen LogP contribution in [-0.2, 0) is 5.75 Å². The molecule has 0 spiro atoms. The molecule has 4 nitrogen and oxygen atoms in total. The Hall–Kier alpha value is -0.750. The van der Waals surface area contributed by atoms with Gasteiger partial charge in [0.1, 0.15) is 0 Å². The molecule has 1 aliphatic rings. The van der Waals surface area contributed by atoms with Crippen molar-refractivity contribution in [1.82, 2.24) is 10.2 Å². The van der Waals surface area contributed by atoms with Gasteiger partial charge in [-0.15, -0.1) is 10.2 Å². The van der Waals surface area contributed by atoms with Gasteiger partial charge >= 0.3 is 0 Å². The molecule has 0 unspecified atom stereocenters. The largest absolute Gasteiger partial charge is 0.410 e. The van der Waals surface area contributed by atoms with E-state index >= 15 is 0 Å². The normalized spacial score (nSPS) is 18.6. The lowest BCUT2D eigenvalue weighted by Crippen LogP contribution is -2.81. The van der Waals surface area contributed by atoms with Gasteiger partial charge in [-0.05, 0) is 17.7 Å². The van der Waals surface area contributed by atoms with E-state index in [1.54, 1.807) is 0 Å². The first-order valence-electron chi connectivity index (χ1n) is 6.46. The Balaban J connectivity index is 1.66. The standard InChI is InChI=1S/C13H13Cl2N3OS/c14-9-3-1-4-10(15)8(9)7-20-13-18-17-12(19-13)11-5-2-6-16-11/h1,3-4,11,16H,2,5-7H2/p+1/t11-/m1/s1. The Labute approximate surface area is 131 Å². The van der Waals surface area contributed by atoms with Crippen molar-refractivity contribution in [1.29, 1.82) is 0 Å². The van der Waals surface area contributed by atoms with Gasteiger partial charge in [-0.25, -0.2) is 0 Å². The second kappa shape index (κ2) is 6.35. The van der Waals surface area contributed by atoms with Gasteiger partial charge in [-0.1, -0.05) is 41.0 Å². The van der Waals surface area contributed by atoms with Crippen LogP contribution in [0, 0.1) is 0 Å². The molecule has 1 saturated heterocycles. The van der Waals surface area contributed by atoms with E-state index in [0.717, 1.165) is 24.4 Å². The molecule has 0 radical (unpaired) electrons. The first kappa shape index (κ1) is 14.2. The summed E-state index contributed by atoms with van der Waals surface area (Å²) < 4.78 is 5.69. The minimum absolute atomic E-state index is 0.320. The summed E-state index contributed by atoms with van der Waals surface area (Å²) in [5.74, 6) is 1.34. The SMILES string of the molecule is Clc1cccc(Cl)c1CSc1nnc([C@H]2CCC[NH2+]2)o1. The second-order valence-electron chi connectivity index (χ2n) is 4.67. The van der Waals surface area contributed by atoms with E-state index in [9.17, 15) is 0 Å². The molecule has 0 amide bonds. The molecule has 7 heteroatoms. The Bertz CT molecular complexity index is 579. The van der Waals surface area contributed by atoms with Crippen LogP contribution in [0.25, 0.3) is 0 Å². The summed E-state index contributed by atoms with van der Waals surface area (Å²) in [6.07, 6.45) is 2.30. The van der Waals surface area contributed by atoms with Gasteiger partial charge in [-0.2, -0.15) is 0 Å². The van der Waals surface area contributed by atoms with Crippen molar-refractivity contribution in [2.75, 3.05) is 6.54 Å². The first-order valence-corrected chi connectivity index (χ1v) is 8.20. The van der Waals surface area contributed by atoms with Crippen molar-refractivity contribution in [3.8, 4) is 0 Å². The van der Waals surface area contributed by atoms with E-state index in [1.807, 2.05) is 18.2 Å². The lowest BCUT2D eigenvalue weighted by molar-refractivity contribution is -0.678. The van der Waals surface area contributed by atoms with Gasteiger partial charge in [0.05, 0.1) is 6.54 Å². The van der Waals surface area contributed by atoms with Gasteiger partial charge < -0.3 is 9.73 Å². The predicted molar refractivity (Wildman–Crippen MR) is 79.1 cm³/mol. The van der Waals surface area contributed by atoms with Crippen molar-refractivity contribution in [3.05, 3.63) is 39.7 Å². The Morgan fingerprint density at radius 2 is 2.10 bits per heavy atom. The summed E-state index contributed by atoms with van der Waals surface area (Å²) in [6.45, 7) is 1.13. The van der Waals surface area contributed by atoms with Crippen molar-refractivity contribution in [2.24, 2.45) is 0 Å². The molecular formula is C13H14Cl2N3OS+. The van der Waals surface area contributed by atoms with Gasteiger partial charge in [0.2, 0.25) is 0 Å². The van der Waals surface area contributed by atoms with Gasteiger partial charge in [0.25, 0.3) is 11.1 Å². The molecule has 1 aliphatic heterocycles. The molecule has 0 saturated carbocycles. The highest BCUT2D eigenvalue weighted by atomic mass is 35.5. The van der Waals surface area contributed by atoms with E-state index in [4.69, 9.17) is 27.6 Å². The molecule has 3 rings (SSSR count). The summed E-state index contributed by atoms with van der Waals surface area (Å²) in [5.41, 5.74) is 0.896. The summed E-state index contributed by atoms with van der Waals surface area (Å²) in [4.78, 5) is 0. The number of hydrogen-bond donors (Lipinski definition) is 1. The number of benzene rings is 1. The maximum absolute atomic E-state index is 6.14. The summed E-state index contributed by atoms with van der Waals surface area (Å²) >= 11 is 13.7. The fourth-order valence-corrected chi connectivity index (χ4v) is 3.74. The number of thioether (sulfide) groups is 1. The number of nitrogens with two attached hydrogens (primary N) is 1. The van der Waals surface area contributed by atoms with E-state index in [0.29, 0.717) is 27.1 Å². The predicted octanol–water partition coefficient (Wildman–Crippen LogP) is 3.07. The van der Waals surface area contributed by atoms with Crippen LogP contribution in [0.3, 0.4) is 0 Å². The molecule has 2 N–H and O–H groups in total. The van der Waals surface area contributed by atoms with E-state index in [-0.39, 0.29) is 0 Å². The fraction of sp³-hybridized carbons (Fsp3) is 0.385. The molecule has 106 valence electrons. The van der Waals surface area contributed by atoms with Crippen LogP contribution in [0.5, 0.6) is 0 Å². The van der Waals surface area contributed by atoms with Crippen LogP contribution in [0.1, 0.15) is 30.3 Å². The third-order valence-electron chi connectivity index (χ3n) is 3.31. The zero-order valence-electron chi connectivity index (χ0n) is 10.7. The van der Waals surface area contributed by atoms with Crippen molar-refractivity contribution in [2.45, 2.75) is 29.9 Å². The minimum atomic E-state index is 0.320. The lowest BCUT2D eigenvalue weighted by Gasteiger charge is -2.04. The zero-order chi connectivity index (χ0) is 13.9. The number of hydrogen-bond acceptors (Lipinski definition) is 4. The summed E-state index contributed by atoms with van der Waals surface area (Å²) in [5, 5.41) is 12.3. The summed E-state index contributed by atoms with van der Waals surface area (Å²) in [6, 6.07) is 5.81. The molecule has 1 fully saturated rings. The van der Waals surface area contributed by atoms with Gasteiger partial charge in [0, 0.05) is 28.6 Å². The molecule has 1 aromatic heterocycles. The maximum Gasteiger partial charge on any atom is 0.277 e. The van der Waals surface area contributed by atoms with Crippen LogP contribution in [0.4, 0.5) is 0 Å². The van der Waals surface area contributed by atoms with Gasteiger partial charge in [0.15, 0.2) is 6.04 Å². The third kappa shape index (κ3) is 3.11. The van der Waals surface area contributed by atoms with E-state index in [2.05, 4.69) is 15.5 Å². The maximum atomic E-state index is 6.14. The van der Waals surface area contributed by atoms with Crippen LogP contribution >= 0.6 is 35.0 Å². The summed E-state index contributed by atoms with van der Waals surface area (Å²) in [7, 11) is 0. The lowest BCUT2D eigenvalue weighted by atomic mass is 10.2. The minimum Gasteiger partial charge on any atom is -0.410 e. The second-order valence-corrected chi connectivity index (χ2v) is 6.41. The highest BCUT2D eigenvalue weighted by Gasteiger charge is 2.26. The van der Waals surface area contributed by atoms with Crippen LogP contribution in [0.2, 0.25) is 10.0 Å². The highest BCUT2D eigenvalue weighted by molar-refractivity contribution is 7.98. The average molecular weight is 331 g/mol. The fourth-order valence-electron chi connectivity index (χ4n) is 2.23. The topological polar surface area (TPSA) is 55.5 Å². The van der Waals surface area contributed by atoms with E-state index in [1.165, 1.54) is 18.2 Å². The smallest absolute Gasteiger partial charge is 0.277 e. The number of nitrogens with zero attached hydrogens (tertiary/aromatic N) is 2. The number of rotatable bonds is 4. The molecule has 2 aromatic rings. The average Bonchev–Trinajstić information content (AvgIpc) is 3.09. The van der Waals surface area contributed by atoms with Crippen LogP contribution in [0.15, 0.2) is 27.8 Å². The van der Waals surface area contributed by atoms with E-state index < -0.39 is 0 Å². The number of halogens is 2. The molecule has 0 aliphatic carbocycles. The molecular weight excluding hydrogens is 317 g/mol. The Morgan fingerprint density at radius 3 is 2.80 bits per heavy atom. The quantitative estimate of drug-likeness (QED) is 0.875. The van der Waals surface area contributed by atoms with Gasteiger partial charge in [-0.3, -0.25) is 0 Å². The van der Waals surface area contributed by atoms with Crippen molar-refractivity contribution < 1.29 is 9.73 Å². The molecule has 1 aromatic carbocycles. The monoisotopic (exact) mass is 330 g/mol. The van der Waals surface area contributed by atoms with Crippen molar-refractivity contribution >= 4 is 35.0 Å². The molecule has 20 heavy (non-hydrogen) atoms. The number of aromatic nitrogens is 2.